The van der Waals surface area contributed by atoms with Crippen LogP contribution in [0.1, 0.15) is 12.1 Å². The summed E-state index contributed by atoms with van der Waals surface area (Å²) in [6, 6.07) is 11.8. The van der Waals surface area contributed by atoms with E-state index in [-0.39, 0.29) is 18.1 Å². The number of aryl methyl sites for hydroxylation is 1. The summed E-state index contributed by atoms with van der Waals surface area (Å²) in [5, 5.41) is 4.17. The Hall–Kier alpha value is -2.11. The lowest BCUT2D eigenvalue weighted by molar-refractivity contribution is -0.115. The average molecular weight is 314 g/mol. The predicted molar refractivity (Wildman–Crippen MR) is 90.9 cm³/mol. The molecule has 1 atom stereocenters. The number of nitrogens with one attached hydrogen (secondary N) is 1. The SMILES string of the molecule is C=C[S+]([O-])CCC(=O)Nc1cc(-c2ccccc2)cnc1C. The van der Waals surface area contributed by atoms with E-state index in [1.54, 1.807) is 6.20 Å². The molecule has 1 aromatic carbocycles. The quantitative estimate of drug-likeness (QED) is 0.832. The molecule has 0 bridgehead atoms. The van der Waals surface area contributed by atoms with Gasteiger partial charge in [-0.2, -0.15) is 0 Å². The third kappa shape index (κ3) is 4.44. The highest BCUT2D eigenvalue weighted by molar-refractivity contribution is 7.94. The molecule has 0 saturated carbocycles. The number of rotatable bonds is 6. The minimum Gasteiger partial charge on any atom is -0.612 e. The van der Waals surface area contributed by atoms with Gasteiger partial charge in [-0.25, -0.2) is 0 Å². The van der Waals surface area contributed by atoms with Crippen LogP contribution in [-0.2, 0) is 16.0 Å². The van der Waals surface area contributed by atoms with Gasteiger partial charge in [0.05, 0.1) is 17.8 Å². The van der Waals surface area contributed by atoms with Crippen LogP contribution in [0.4, 0.5) is 5.69 Å². The molecule has 22 heavy (non-hydrogen) atoms. The third-order valence-corrected chi connectivity index (χ3v) is 4.16. The largest absolute Gasteiger partial charge is 0.612 e. The first-order chi connectivity index (χ1) is 10.6. The van der Waals surface area contributed by atoms with Crippen molar-refractivity contribution in [3.8, 4) is 11.1 Å². The molecule has 4 nitrogen and oxygen atoms in total. The van der Waals surface area contributed by atoms with Crippen molar-refractivity contribution in [1.82, 2.24) is 4.98 Å². The fourth-order valence-electron chi connectivity index (χ4n) is 1.94. The molecule has 1 unspecified atom stereocenters. The van der Waals surface area contributed by atoms with Gasteiger partial charge in [0.25, 0.3) is 0 Å². The fraction of sp³-hybridized carbons (Fsp3) is 0.176. The molecule has 0 aliphatic carbocycles. The van der Waals surface area contributed by atoms with Gasteiger partial charge in [0, 0.05) is 11.8 Å². The maximum Gasteiger partial charge on any atom is 0.229 e. The van der Waals surface area contributed by atoms with E-state index in [2.05, 4.69) is 16.9 Å². The Morgan fingerprint density at radius 1 is 1.36 bits per heavy atom. The van der Waals surface area contributed by atoms with Crippen LogP contribution in [0.15, 0.2) is 54.6 Å². The summed E-state index contributed by atoms with van der Waals surface area (Å²) in [6.07, 6.45) is 1.97. The first kappa shape index (κ1) is 16.3. The van der Waals surface area contributed by atoms with Gasteiger partial charge in [-0.15, -0.1) is 0 Å². The van der Waals surface area contributed by atoms with E-state index in [9.17, 15) is 9.35 Å². The lowest BCUT2D eigenvalue weighted by Crippen LogP contribution is -2.17. The zero-order valence-corrected chi connectivity index (χ0v) is 13.2. The number of hydrogen-bond donors (Lipinski definition) is 1. The van der Waals surface area contributed by atoms with Crippen molar-refractivity contribution in [1.29, 1.82) is 0 Å². The lowest BCUT2D eigenvalue weighted by atomic mass is 10.1. The van der Waals surface area contributed by atoms with E-state index in [1.807, 2.05) is 43.3 Å². The van der Waals surface area contributed by atoms with Gasteiger partial charge in [-0.05, 0) is 29.7 Å². The van der Waals surface area contributed by atoms with Crippen molar-refractivity contribution in [2.75, 3.05) is 11.1 Å². The fourth-order valence-corrected chi connectivity index (χ4v) is 2.49. The molecule has 1 N–H and O–H groups in total. The molecule has 1 amide bonds. The van der Waals surface area contributed by atoms with Crippen molar-refractivity contribution in [3.05, 3.63) is 60.3 Å². The summed E-state index contributed by atoms with van der Waals surface area (Å²) in [6.45, 7) is 5.28. The molecule has 0 spiro atoms. The second-order valence-electron chi connectivity index (χ2n) is 4.77. The molecule has 114 valence electrons. The third-order valence-electron chi connectivity index (χ3n) is 3.18. The molecule has 0 saturated heterocycles. The van der Waals surface area contributed by atoms with Gasteiger partial charge in [-0.1, -0.05) is 36.9 Å². The first-order valence-corrected chi connectivity index (χ1v) is 8.30. The number of aromatic nitrogens is 1. The Balaban J connectivity index is 2.10. The summed E-state index contributed by atoms with van der Waals surface area (Å²) in [7, 11) is 0. The zero-order chi connectivity index (χ0) is 15.9. The predicted octanol–water partition coefficient (Wildman–Crippen LogP) is 3.28. The summed E-state index contributed by atoms with van der Waals surface area (Å²) in [4.78, 5) is 16.3. The van der Waals surface area contributed by atoms with Crippen LogP contribution >= 0.6 is 0 Å². The van der Waals surface area contributed by atoms with E-state index < -0.39 is 11.2 Å². The number of amides is 1. The van der Waals surface area contributed by atoms with Crippen molar-refractivity contribution in [2.45, 2.75) is 13.3 Å². The van der Waals surface area contributed by atoms with Gasteiger partial charge < -0.3 is 9.87 Å². The lowest BCUT2D eigenvalue weighted by Gasteiger charge is -2.10. The molecule has 0 aliphatic rings. The van der Waals surface area contributed by atoms with Crippen molar-refractivity contribution in [2.24, 2.45) is 0 Å². The number of carbonyl (C=O) groups is 1. The molecule has 0 fully saturated rings. The number of pyridine rings is 1. The minimum atomic E-state index is -1.16. The molecule has 2 aromatic rings. The van der Waals surface area contributed by atoms with Gasteiger partial charge in [-0.3, -0.25) is 9.78 Å². The number of benzene rings is 1. The monoisotopic (exact) mass is 314 g/mol. The van der Waals surface area contributed by atoms with Crippen LogP contribution in [-0.4, -0.2) is 21.2 Å². The van der Waals surface area contributed by atoms with Gasteiger partial charge in [0.2, 0.25) is 5.91 Å². The maximum atomic E-state index is 11.9. The van der Waals surface area contributed by atoms with Crippen LogP contribution in [0.2, 0.25) is 0 Å². The van der Waals surface area contributed by atoms with Gasteiger partial charge >= 0.3 is 0 Å². The van der Waals surface area contributed by atoms with Crippen LogP contribution in [0.3, 0.4) is 0 Å². The smallest absolute Gasteiger partial charge is 0.229 e. The number of nitrogens with zero attached hydrogens (tertiary/aromatic N) is 1. The maximum absolute atomic E-state index is 11.9. The second-order valence-corrected chi connectivity index (χ2v) is 6.28. The Bertz CT molecular complexity index is 659. The highest BCUT2D eigenvalue weighted by atomic mass is 32.2. The highest BCUT2D eigenvalue weighted by Gasteiger charge is 2.10. The van der Waals surface area contributed by atoms with Crippen LogP contribution in [0.25, 0.3) is 11.1 Å². The van der Waals surface area contributed by atoms with Crippen LogP contribution in [0.5, 0.6) is 0 Å². The summed E-state index contributed by atoms with van der Waals surface area (Å²) >= 11 is -1.16. The topological polar surface area (TPSA) is 65.0 Å². The summed E-state index contributed by atoms with van der Waals surface area (Å²) in [5.41, 5.74) is 3.41. The molecule has 5 heteroatoms. The van der Waals surface area contributed by atoms with E-state index in [0.717, 1.165) is 16.8 Å². The van der Waals surface area contributed by atoms with E-state index in [4.69, 9.17) is 0 Å². The van der Waals surface area contributed by atoms with Crippen LogP contribution < -0.4 is 5.32 Å². The Kier molecular flexibility index (Phi) is 5.75. The normalized spacial score (nSPS) is 11.7. The highest BCUT2D eigenvalue weighted by Crippen LogP contribution is 2.23. The number of hydrogen-bond acceptors (Lipinski definition) is 3. The van der Waals surface area contributed by atoms with Crippen LogP contribution in [0, 0.1) is 6.92 Å². The Morgan fingerprint density at radius 3 is 2.77 bits per heavy atom. The van der Waals surface area contributed by atoms with Gasteiger partial charge in [0.15, 0.2) is 0 Å². The summed E-state index contributed by atoms with van der Waals surface area (Å²) in [5.74, 6) is 0.102. The van der Waals surface area contributed by atoms with Gasteiger partial charge in [0.1, 0.15) is 11.2 Å². The first-order valence-electron chi connectivity index (χ1n) is 6.92. The van der Waals surface area contributed by atoms with Crippen molar-refractivity contribution < 1.29 is 9.35 Å². The van der Waals surface area contributed by atoms with Crippen molar-refractivity contribution >= 4 is 22.8 Å². The van der Waals surface area contributed by atoms with E-state index in [0.29, 0.717) is 5.69 Å². The molecular weight excluding hydrogens is 296 g/mol. The molecule has 2 rings (SSSR count). The van der Waals surface area contributed by atoms with Crippen molar-refractivity contribution in [3.63, 3.8) is 0 Å². The number of anilines is 1. The molecule has 1 aromatic heterocycles. The summed E-state index contributed by atoms with van der Waals surface area (Å²) < 4.78 is 11.3. The minimum absolute atomic E-state index is 0.176. The number of carbonyl (C=O) groups excluding carboxylic acids is 1. The standard InChI is InChI=1S/C17H18N2O2S/c1-3-22(21)10-9-17(20)19-16-11-15(12-18-13(16)2)14-7-5-4-6-8-14/h3-8,11-12H,1,9-10H2,2H3,(H,19,20). The van der Waals surface area contributed by atoms with E-state index >= 15 is 0 Å². The molecule has 0 radical (unpaired) electrons. The molecule has 1 heterocycles. The van der Waals surface area contributed by atoms with E-state index in [1.165, 1.54) is 5.41 Å². The average Bonchev–Trinajstić information content (AvgIpc) is 2.55. The molecule has 0 aliphatic heterocycles. The Morgan fingerprint density at radius 2 is 2.09 bits per heavy atom. The Labute approximate surface area is 133 Å². The zero-order valence-electron chi connectivity index (χ0n) is 12.4. The molecular formula is C17H18N2O2S. The second kappa shape index (κ2) is 7.77.